The summed E-state index contributed by atoms with van der Waals surface area (Å²) in [6.45, 7) is 0. The maximum atomic E-state index is 13.9. The van der Waals surface area contributed by atoms with Gasteiger partial charge in [0.1, 0.15) is 23.3 Å². The van der Waals surface area contributed by atoms with Gasteiger partial charge in [0.05, 0.1) is 17.1 Å². The molecule has 2 heterocycles. The predicted octanol–water partition coefficient (Wildman–Crippen LogP) is 5.54. The quantitative estimate of drug-likeness (QED) is 0.139. The molecule has 0 fully saturated rings. The second-order valence-electron chi connectivity index (χ2n) is 8.00. The minimum atomic E-state index is -1.05. The van der Waals surface area contributed by atoms with E-state index in [0.29, 0.717) is 22.6 Å². The molecule has 4 aromatic rings. The maximum absolute atomic E-state index is 13.9. The summed E-state index contributed by atoms with van der Waals surface area (Å²) in [5, 5.41) is 16.9. The number of para-hydroxylation sites is 2. The third kappa shape index (κ3) is 4.88. The van der Waals surface area contributed by atoms with Crippen molar-refractivity contribution in [1.29, 1.82) is 0 Å². The largest absolute Gasteiger partial charge is 0.382 e. The van der Waals surface area contributed by atoms with Crippen molar-refractivity contribution < 1.29 is 19.1 Å². The van der Waals surface area contributed by atoms with Gasteiger partial charge in [-0.2, -0.15) is 0 Å². The smallest absolute Gasteiger partial charge is 0.200 e. The van der Waals surface area contributed by atoms with E-state index in [0.717, 1.165) is 6.07 Å². The van der Waals surface area contributed by atoms with Crippen LogP contribution in [0.15, 0.2) is 109 Å². The second kappa shape index (κ2) is 10.5. The number of Topliss-reactive ketones (excluding diaryl/α,β-unsaturated/α-hetero) is 2. The molecule has 36 heavy (non-hydrogen) atoms. The number of nitrogens with one attached hydrogen (secondary N) is 2. The molecule has 0 spiro atoms. The van der Waals surface area contributed by atoms with Crippen LogP contribution in [0.5, 0.6) is 0 Å². The summed E-state index contributed by atoms with van der Waals surface area (Å²) in [7, 11) is 0. The molecule has 1 aliphatic heterocycles. The third-order valence-electron chi connectivity index (χ3n) is 5.67. The molecular formula is C28H21ClFN3O3. The number of nitrogens with zero attached hydrogens (tertiary/aromatic N) is 1. The van der Waals surface area contributed by atoms with E-state index < -0.39 is 23.5 Å². The van der Waals surface area contributed by atoms with Gasteiger partial charge in [-0.25, -0.2) is 4.39 Å². The molecule has 3 N–H and O–H groups in total. The monoisotopic (exact) mass is 501 g/mol. The Morgan fingerprint density at radius 3 is 2.00 bits per heavy atom. The van der Waals surface area contributed by atoms with Crippen LogP contribution in [-0.4, -0.2) is 21.7 Å². The molecule has 3 aromatic carbocycles. The van der Waals surface area contributed by atoms with Crippen LogP contribution >= 0.6 is 12.4 Å². The zero-order valence-electron chi connectivity index (χ0n) is 18.8. The van der Waals surface area contributed by atoms with Crippen molar-refractivity contribution in [2.45, 2.75) is 6.10 Å². The third-order valence-corrected chi connectivity index (χ3v) is 5.67. The minimum Gasteiger partial charge on any atom is -0.382 e. The fourth-order valence-electron chi connectivity index (χ4n) is 3.93. The predicted molar refractivity (Wildman–Crippen MR) is 138 cm³/mol. The van der Waals surface area contributed by atoms with E-state index in [9.17, 15) is 19.1 Å². The van der Waals surface area contributed by atoms with E-state index in [-0.39, 0.29) is 34.9 Å². The molecular weight excluding hydrogens is 481 g/mol. The lowest BCUT2D eigenvalue weighted by Gasteiger charge is -2.14. The van der Waals surface area contributed by atoms with Gasteiger partial charge in [-0.15, -0.1) is 12.4 Å². The molecule has 0 radical (unpaired) electrons. The summed E-state index contributed by atoms with van der Waals surface area (Å²) < 4.78 is 13.9. The first-order valence-electron chi connectivity index (χ1n) is 10.9. The van der Waals surface area contributed by atoms with E-state index in [4.69, 9.17) is 0 Å². The SMILES string of the molecule is Cl.O=C(C(C(=O)c1cccc(C(O)c2ccccn2)c1)=C1Nc2ccccc2N1)c1cccc(F)c1. The highest BCUT2D eigenvalue weighted by Crippen LogP contribution is 2.33. The molecule has 0 saturated heterocycles. The number of halogens is 2. The highest BCUT2D eigenvalue weighted by atomic mass is 35.5. The Bertz CT molecular complexity index is 1450. The van der Waals surface area contributed by atoms with Crippen LogP contribution < -0.4 is 10.6 Å². The van der Waals surface area contributed by atoms with Gasteiger partial charge in [-0.3, -0.25) is 14.6 Å². The first-order valence-corrected chi connectivity index (χ1v) is 10.9. The van der Waals surface area contributed by atoms with Crippen molar-refractivity contribution in [2.24, 2.45) is 0 Å². The second-order valence-corrected chi connectivity index (χ2v) is 8.00. The number of fused-ring (bicyclic) bond motifs is 1. The number of aliphatic hydroxyl groups is 1. The van der Waals surface area contributed by atoms with Crippen LogP contribution in [-0.2, 0) is 0 Å². The lowest BCUT2D eigenvalue weighted by molar-refractivity contribution is 0.0961. The Labute approximate surface area is 212 Å². The van der Waals surface area contributed by atoms with Gasteiger partial charge >= 0.3 is 0 Å². The average molecular weight is 502 g/mol. The van der Waals surface area contributed by atoms with Crippen LogP contribution in [0.4, 0.5) is 15.8 Å². The van der Waals surface area contributed by atoms with Crippen LogP contribution in [0.3, 0.4) is 0 Å². The summed E-state index contributed by atoms with van der Waals surface area (Å²) in [6, 6.07) is 24.1. The van der Waals surface area contributed by atoms with Crippen LogP contribution in [0.1, 0.15) is 38.1 Å². The number of pyridine rings is 1. The molecule has 8 heteroatoms. The molecule has 6 nitrogen and oxygen atoms in total. The number of rotatable bonds is 6. The number of ketones is 2. The fourth-order valence-corrected chi connectivity index (χ4v) is 3.93. The summed E-state index contributed by atoms with van der Waals surface area (Å²) in [5.74, 6) is -1.57. The molecule has 1 aliphatic rings. The van der Waals surface area contributed by atoms with Crippen molar-refractivity contribution in [1.82, 2.24) is 4.98 Å². The molecule has 0 saturated carbocycles. The maximum Gasteiger partial charge on any atom is 0.200 e. The Balaban J connectivity index is 0.00000304. The zero-order valence-corrected chi connectivity index (χ0v) is 19.6. The minimum absolute atomic E-state index is 0. The highest BCUT2D eigenvalue weighted by molar-refractivity contribution is 6.32. The number of allylic oxidation sites excluding steroid dienone is 1. The average Bonchev–Trinajstić information content (AvgIpc) is 3.32. The van der Waals surface area contributed by atoms with Gasteiger partial charge in [0.2, 0.25) is 11.6 Å². The number of aromatic nitrogens is 1. The number of carbonyl (C=O) groups is 2. The molecule has 1 unspecified atom stereocenters. The van der Waals surface area contributed by atoms with Gasteiger partial charge in [0.25, 0.3) is 0 Å². The highest BCUT2D eigenvalue weighted by Gasteiger charge is 2.29. The Morgan fingerprint density at radius 2 is 1.39 bits per heavy atom. The van der Waals surface area contributed by atoms with Crippen LogP contribution in [0.25, 0.3) is 0 Å². The van der Waals surface area contributed by atoms with Gasteiger partial charge in [-0.05, 0) is 48.0 Å². The molecule has 0 amide bonds. The van der Waals surface area contributed by atoms with Crippen molar-refractivity contribution in [3.05, 3.63) is 137 Å². The number of anilines is 2. The Morgan fingerprint density at radius 1 is 0.778 bits per heavy atom. The normalized spacial score (nSPS) is 12.4. The summed E-state index contributed by atoms with van der Waals surface area (Å²) >= 11 is 0. The lowest BCUT2D eigenvalue weighted by Crippen LogP contribution is -2.21. The Kier molecular flexibility index (Phi) is 7.24. The molecule has 5 rings (SSSR count). The van der Waals surface area contributed by atoms with Crippen LogP contribution in [0.2, 0.25) is 0 Å². The topological polar surface area (TPSA) is 91.3 Å². The van der Waals surface area contributed by atoms with Gasteiger partial charge in [0.15, 0.2) is 0 Å². The zero-order chi connectivity index (χ0) is 24.4. The molecule has 180 valence electrons. The molecule has 1 atom stereocenters. The van der Waals surface area contributed by atoms with Gasteiger partial charge in [0, 0.05) is 17.3 Å². The van der Waals surface area contributed by atoms with E-state index >= 15 is 0 Å². The van der Waals surface area contributed by atoms with Crippen molar-refractivity contribution in [2.75, 3.05) is 10.6 Å². The van der Waals surface area contributed by atoms with Crippen molar-refractivity contribution >= 4 is 35.3 Å². The first kappa shape index (κ1) is 24.8. The first-order chi connectivity index (χ1) is 17.0. The lowest BCUT2D eigenvalue weighted by atomic mass is 9.93. The molecule has 1 aromatic heterocycles. The number of aliphatic hydroxyl groups excluding tert-OH is 1. The van der Waals surface area contributed by atoms with E-state index in [1.807, 2.05) is 24.3 Å². The summed E-state index contributed by atoms with van der Waals surface area (Å²) in [4.78, 5) is 31.4. The summed E-state index contributed by atoms with van der Waals surface area (Å²) in [5.41, 5.74) is 2.37. The van der Waals surface area contributed by atoms with Crippen molar-refractivity contribution in [3.8, 4) is 0 Å². The number of hydrogen-bond donors (Lipinski definition) is 3. The number of benzene rings is 3. The molecule has 0 aliphatic carbocycles. The summed E-state index contributed by atoms with van der Waals surface area (Å²) in [6.07, 6.45) is 0.522. The molecule has 0 bridgehead atoms. The number of hydrogen-bond acceptors (Lipinski definition) is 6. The van der Waals surface area contributed by atoms with E-state index in [1.54, 1.807) is 42.6 Å². The standard InChI is InChI=1S/C28H20FN3O3.ClH/c29-20-10-6-9-19(16-20)27(35)24(28-31-21-11-1-2-12-22(21)32-28)26(34)18-8-5-7-17(15-18)25(33)23-13-3-4-14-30-23;/h1-16,25,31-33H;1H. The number of carbonyl (C=O) groups excluding carboxylic acids is 2. The van der Waals surface area contributed by atoms with Crippen LogP contribution in [0, 0.1) is 5.82 Å². The van der Waals surface area contributed by atoms with Gasteiger partial charge < -0.3 is 15.7 Å². The van der Waals surface area contributed by atoms with Gasteiger partial charge in [-0.1, -0.05) is 48.5 Å². The van der Waals surface area contributed by atoms with E-state index in [2.05, 4.69) is 15.6 Å². The fraction of sp³-hybridized carbons (Fsp3) is 0.0357. The van der Waals surface area contributed by atoms with E-state index in [1.165, 1.54) is 24.3 Å². The Hall–Kier alpha value is -4.33. The van der Waals surface area contributed by atoms with Crippen molar-refractivity contribution in [3.63, 3.8) is 0 Å².